The van der Waals surface area contributed by atoms with E-state index in [9.17, 15) is 19.5 Å². The van der Waals surface area contributed by atoms with Crippen LogP contribution in [0.3, 0.4) is 0 Å². The summed E-state index contributed by atoms with van der Waals surface area (Å²) < 4.78 is 5.14. The smallest absolute Gasteiger partial charge is 0.330 e. The molecule has 1 aromatic rings. The fourth-order valence-electron chi connectivity index (χ4n) is 3.19. The molecular formula is C17H20N2O5. The minimum atomic E-state index is -1.22. The number of rotatable bonds is 6. The molecule has 2 N–H and O–H groups in total. The summed E-state index contributed by atoms with van der Waals surface area (Å²) in [5.41, 5.74) is 1.01. The number of ether oxygens (including phenoxy) is 1. The number of hydrogen-bond donors (Lipinski definition) is 2. The van der Waals surface area contributed by atoms with Gasteiger partial charge in [0.25, 0.3) is 5.91 Å². The SMILES string of the molecule is O=C(O)[C@H](CCc1ccccc1)N[C@H]1OC(=O)[C@@H]2CCCN2C1=O. The summed E-state index contributed by atoms with van der Waals surface area (Å²) >= 11 is 0. The van der Waals surface area contributed by atoms with Crippen LogP contribution >= 0.6 is 0 Å². The summed E-state index contributed by atoms with van der Waals surface area (Å²) in [5, 5.41) is 12.1. The van der Waals surface area contributed by atoms with Crippen molar-refractivity contribution in [3.63, 3.8) is 0 Å². The van der Waals surface area contributed by atoms with Crippen molar-refractivity contribution in [3.8, 4) is 0 Å². The van der Waals surface area contributed by atoms with Gasteiger partial charge in [-0.1, -0.05) is 30.3 Å². The Morgan fingerprint density at radius 2 is 2.08 bits per heavy atom. The number of fused-ring (bicyclic) bond motifs is 1. The topological polar surface area (TPSA) is 95.9 Å². The summed E-state index contributed by atoms with van der Waals surface area (Å²) in [6.07, 6.45) is 0.988. The lowest BCUT2D eigenvalue weighted by Crippen LogP contribution is -2.60. The number of aryl methyl sites for hydroxylation is 1. The van der Waals surface area contributed by atoms with Crippen molar-refractivity contribution < 1.29 is 24.2 Å². The average Bonchev–Trinajstić information content (AvgIpc) is 3.07. The largest absolute Gasteiger partial charge is 0.480 e. The van der Waals surface area contributed by atoms with Crippen LogP contribution < -0.4 is 5.32 Å². The summed E-state index contributed by atoms with van der Waals surface area (Å²) in [6.45, 7) is 0.512. The molecule has 2 saturated heterocycles. The normalized spacial score (nSPS) is 24.4. The molecule has 0 radical (unpaired) electrons. The molecule has 1 amide bonds. The number of carboxylic acids is 1. The number of aliphatic carboxylic acids is 1. The van der Waals surface area contributed by atoms with Crippen LogP contribution in [-0.4, -0.2) is 52.7 Å². The number of amides is 1. The van der Waals surface area contributed by atoms with E-state index in [0.717, 1.165) is 12.0 Å². The Hall–Kier alpha value is -2.41. The maximum absolute atomic E-state index is 12.4. The maximum atomic E-state index is 12.4. The van der Waals surface area contributed by atoms with E-state index in [1.54, 1.807) is 0 Å². The first kappa shape index (κ1) is 16.4. The highest BCUT2D eigenvalue weighted by atomic mass is 16.6. The van der Waals surface area contributed by atoms with Gasteiger partial charge in [-0.05, 0) is 31.2 Å². The fourth-order valence-corrected chi connectivity index (χ4v) is 3.19. The van der Waals surface area contributed by atoms with E-state index in [1.807, 2.05) is 30.3 Å². The zero-order valence-electron chi connectivity index (χ0n) is 13.2. The van der Waals surface area contributed by atoms with Gasteiger partial charge in [0.2, 0.25) is 6.23 Å². The van der Waals surface area contributed by atoms with Gasteiger partial charge in [-0.25, -0.2) is 4.79 Å². The predicted molar refractivity (Wildman–Crippen MR) is 83.9 cm³/mol. The Morgan fingerprint density at radius 3 is 2.79 bits per heavy atom. The van der Waals surface area contributed by atoms with Gasteiger partial charge in [-0.2, -0.15) is 0 Å². The lowest BCUT2D eigenvalue weighted by molar-refractivity contribution is -0.179. The summed E-state index contributed by atoms with van der Waals surface area (Å²) in [4.78, 5) is 37.3. The quantitative estimate of drug-likeness (QED) is 0.738. The van der Waals surface area contributed by atoms with Crippen molar-refractivity contribution in [2.75, 3.05) is 6.54 Å². The van der Waals surface area contributed by atoms with Gasteiger partial charge in [0.05, 0.1) is 0 Å². The van der Waals surface area contributed by atoms with E-state index in [0.29, 0.717) is 25.8 Å². The third-order valence-electron chi connectivity index (χ3n) is 4.48. The molecule has 0 saturated carbocycles. The Bertz CT molecular complexity index is 633. The lowest BCUT2D eigenvalue weighted by atomic mass is 10.0. The number of hydrogen-bond acceptors (Lipinski definition) is 5. The Labute approximate surface area is 139 Å². The molecule has 2 aliphatic rings. The van der Waals surface area contributed by atoms with Gasteiger partial charge < -0.3 is 14.7 Å². The maximum Gasteiger partial charge on any atom is 0.330 e. The number of benzene rings is 1. The highest BCUT2D eigenvalue weighted by Crippen LogP contribution is 2.24. The molecule has 0 bridgehead atoms. The van der Waals surface area contributed by atoms with Gasteiger partial charge in [-0.15, -0.1) is 0 Å². The first-order valence-electron chi connectivity index (χ1n) is 8.10. The standard InChI is InChI=1S/C17H20N2O5/c20-15-14(24-17(23)13-7-4-10-19(13)15)18-12(16(21)22)9-8-11-5-2-1-3-6-11/h1-3,5-6,12-14,18H,4,7-10H2,(H,21,22)/t12-,13-,14-/m0/s1. The number of nitrogens with one attached hydrogen (secondary N) is 1. The summed E-state index contributed by atoms with van der Waals surface area (Å²) in [5.74, 6) is -1.89. The highest BCUT2D eigenvalue weighted by molar-refractivity contribution is 5.93. The molecule has 0 spiro atoms. The highest BCUT2D eigenvalue weighted by Gasteiger charge is 2.45. The van der Waals surface area contributed by atoms with Crippen LogP contribution in [0, 0.1) is 0 Å². The number of morpholine rings is 1. The molecule has 3 rings (SSSR count). The molecule has 3 atom stereocenters. The van der Waals surface area contributed by atoms with Crippen molar-refractivity contribution in [2.45, 2.75) is 44.0 Å². The van der Waals surface area contributed by atoms with Gasteiger partial charge in [-0.3, -0.25) is 14.9 Å². The van der Waals surface area contributed by atoms with E-state index in [4.69, 9.17) is 4.74 Å². The number of esters is 1. The van der Waals surface area contributed by atoms with E-state index in [2.05, 4.69) is 5.32 Å². The minimum Gasteiger partial charge on any atom is -0.480 e. The van der Waals surface area contributed by atoms with Crippen LogP contribution in [0.2, 0.25) is 0 Å². The van der Waals surface area contributed by atoms with Gasteiger partial charge in [0, 0.05) is 6.54 Å². The van der Waals surface area contributed by atoms with Crippen LogP contribution in [0.25, 0.3) is 0 Å². The van der Waals surface area contributed by atoms with Crippen LogP contribution in [0.1, 0.15) is 24.8 Å². The fraction of sp³-hybridized carbons (Fsp3) is 0.471. The predicted octanol–water partition coefficient (Wildman–Crippen LogP) is 0.536. The molecule has 128 valence electrons. The molecule has 2 aliphatic heterocycles. The molecule has 7 heteroatoms. The van der Waals surface area contributed by atoms with Crippen molar-refractivity contribution in [1.82, 2.24) is 10.2 Å². The number of cyclic esters (lactones) is 1. The number of carbonyl (C=O) groups is 3. The molecule has 2 heterocycles. The number of carboxylic acid groups (broad SMARTS) is 1. The van der Waals surface area contributed by atoms with Crippen LogP contribution in [0.4, 0.5) is 0 Å². The second-order valence-corrected chi connectivity index (χ2v) is 6.09. The zero-order chi connectivity index (χ0) is 17.1. The minimum absolute atomic E-state index is 0.296. The Kier molecular flexibility index (Phi) is 4.80. The summed E-state index contributed by atoms with van der Waals surface area (Å²) in [6, 6.07) is 8.02. The van der Waals surface area contributed by atoms with Crippen molar-refractivity contribution >= 4 is 17.8 Å². The van der Waals surface area contributed by atoms with Gasteiger partial charge in [0.15, 0.2) is 0 Å². The first-order valence-corrected chi connectivity index (χ1v) is 8.10. The van der Waals surface area contributed by atoms with Gasteiger partial charge >= 0.3 is 11.9 Å². The summed E-state index contributed by atoms with van der Waals surface area (Å²) in [7, 11) is 0. The lowest BCUT2D eigenvalue weighted by Gasteiger charge is -2.34. The van der Waals surface area contributed by atoms with E-state index < -0.39 is 30.3 Å². The third-order valence-corrected chi connectivity index (χ3v) is 4.48. The molecule has 2 fully saturated rings. The molecule has 24 heavy (non-hydrogen) atoms. The van der Waals surface area contributed by atoms with E-state index in [1.165, 1.54) is 4.90 Å². The molecule has 0 unspecified atom stereocenters. The zero-order valence-corrected chi connectivity index (χ0v) is 13.2. The van der Waals surface area contributed by atoms with Crippen molar-refractivity contribution in [2.24, 2.45) is 0 Å². The Balaban J connectivity index is 1.63. The molecule has 1 aromatic carbocycles. The van der Waals surface area contributed by atoms with Crippen molar-refractivity contribution in [3.05, 3.63) is 35.9 Å². The average molecular weight is 332 g/mol. The van der Waals surface area contributed by atoms with E-state index in [-0.39, 0.29) is 5.91 Å². The van der Waals surface area contributed by atoms with Crippen LogP contribution in [0.5, 0.6) is 0 Å². The second-order valence-electron chi connectivity index (χ2n) is 6.09. The van der Waals surface area contributed by atoms with Gasteiger partial charge in [0.1, 0.15) is 12.1 Å². The number of nitrogens with zero attached hydrogens (tertiary/aromatic N) is 1. The third kappa shape index (κ3) is 3.41. The molecule has 7 nitrogen and oxygen atoms in total. The van der Waals surface area contributed by atoms with E-state index >= 15 is 0 Å². The first-order chi connectivity index (χ1) is 11.6. The second kappa shape index (κ2) is 7.00. The Morgan fingerprint density at radius 1 is 1.33 bits per heavy atom. The molecule has 0 aromatic heterocycles. The molecule has 0 aliphatic carbocycles. The molecular weight excluding hydrogens is 312 g/mol. The monoisotopic (exact) mass is 332 g/mol. The van der Waals surface area contributed by atoms with Crippen molar-refractivity contribution in [1.29, 1.82) is 0 Å². The van der Waals surface area contributed by atoms with Crippen LogP contribution in [-0.2, 0) is 25.5 Å². The number of carbonyl (C=O) groups excluding carboxylic acids is 2. The van der Waals surface area contributed by atoms with Crippen LogP contribution in [0.15, 0.2) is 30.3 Å².